The lowest BCUT2D eigenvalue weighted by Gasteiger charge is -2.29. The van der Waals surface area contributed by atoms with Crippen molar-refractivity contribution in [2.75, 3.05) is 13.1 Å². The van der Waals surface area contributed by atoms with Crippen LogP contribution in [0.2, 0.25) is 0 Å². The molecule has 1 amide bonds. The van der Waals surface area contributed by atoms with Gasteiger partial charge < -0.3 is 10.0 Å². The van der Waals surface area contributed by atoms with Crippen molar-refractivity contribution in [1.29, 1.82) is 0 Å². The first-order valence-corrected chi connectivity index (χ1v) is 5.12. The third kappa shape index (κ3) is 2.55. The summed E-state index contributed by atoms with van der Waals surface area (Å²) in [5, 5.41) is 8.75. The number of rotatable bonds is 4. The summed E-state index contributed by atoms with van der Waals surface area (Å²) < 4.78 is 0. The molecular weight excluding hydrogens is 198 g/mol. The molecule has 1 aliphatic rings. The van der Waals surface area contributed by atoms with Gasteiger partial charge in [-0.25, -0.2) is 0 Å². The zero-order valence-corrected chi connectivity index (χ0v) is 8.73. The van der Waals surface area contributed by atoms with Crippen molar-refractivity contribution in [3.8, 4) is 0 Å². The first kappa shape index (κ1) is 11.7. The number of carbonyl (C=O) groups excluding carboxylic acids is 2. The molecule has 0 aromatic heterocycles. The second-order valence-electron chi connectivity index (χ2n) is 3.67. The van der Waals surface area contributed by atoms with E-state index >= 15 is 0 Å². The lowest BCUT2D eigenvalue weighted by atomic mass is 9.95. The lowest BCUT2D eigenvalue weighted by molar-refractivity contribution is -0.157. The number of nitrogens with zero attached hydrogens (tertiary/aromatic N) is 1. The number of hydrogen-bond acceptors (Lipinski definition) is 3. The van der Waals surface area contributed by atoms with Gasteiger partial charge in [-0.2, -0.15) is 0 Å². The molecule has 1 aliphatic heterocycles. The van der Waals surface area contributed by atoms with E-state index in [1.54, 1.807) is 0 Å². The smallest absolute Gasteiger partial charge is 0.323 e. The van der Waals surface area contributed by atoms with Gasteiger partial charge >= 0.3 is 5.97 Å². The number of likely N-dealkylation sites (tertiary alicyclic amines) is 1. The van der Waals surface area contributed by atoms with E-state index in [-0.39, 0.29) is 6.42 Å². The Kier molecular flexibility index (Phi) is 3.82. The number of unbranched alkanes of at least 4 members (excludes halogenated alkanes) is 1. The van der Waals surface area contributed by atoms with Gasteiger partial charge in [-0.15, -0.1) is 0 Å². The zero-order valence-electron chi connectivity index (χ0n) is 8.73. The van der Waals surface area contributed by atoms with Crippen LogP contribution >= 0.6 is 0 Å². The van der Waals surface area contributed by atoms with E-state index in [2.05, 4.69) is 0 Å². The molecule has 1 N–H and O–H groups in total. The van der Waals surface area contributed by atoms with Crippen LogP contribution in [0.15, 0.2) is 0 Å². The van der Waals surface area contributed by atoms with Gasteiger partial charge in [0.15, 0.2) is 11.7 Å². The van der Waals surface area contributed by atoms with Crippen LogP contribution in [0.5, 0.6) is 0 Å². The molecule has 1 rings (SSSR count). The predicted octanol–water partition coefficient (Wildman–Crippen LogP) is 0.289. The minimum atomic E-state index is -1.46. The molecule has 0 aromatic carbocycles. The van der Waals surface area contributed by atoms with Crippen LogP contribution in [0.3, 0.4) is 0 Å². The molecule has 15 heavy (non-hydrogen) atoms. The Morgan fingerprint density at radius 1 is 1.53 bits per heavy atom. The number of aliphatic carboxylic acids is 1. The van der Waals surface area contributed by atoms with E-state index in [4.69, 9.17) is 5.11 Å². The van der Waals surface area contributed by atoms with Crippen LogP contribution in [0.4, 0.5) is 0 Å². The number of carboxylic acids is 1. The molecule has 0 spiro atoms. The largest absolute Gasteiger partial charge is 0.480 e. The normalized spacial score (nSPS) is 21.9. The second-order valence-corrected chi connectivity index (χ2v) is 3.67. The molecule has 0 bridgehead atoms. The van der Waals surface area contributed by atoms with Crippen molar-refractivity contribution in [2.24, 2.45) is 5.92 Å². The molecule has 1 atom stereocenters. The molecule has 0 radical (unpaired) electrons. The molecule has 1 saturated heterocycles. The number of carbonyl (C=O) groups is 3. The number of piperidine rings is 1. The van der Waals surface area contributed by atoms with Crippen LogP contribution in [0, 0.1) is 5.92 Å². The Hall–Kier alpha value is -1.39. The minimum absolute atomic E-state index is 0.159. The highest BCUT2D eigenvalue weighted by Gasteiger charge is 2.40. The fourth-order valence-corrected chi connectivity index (χ4v) is 1.63. The van der Waals surface area contributed by atoms with Gasteiger partial charge in [-0.05, 0) is 6.42 Å². The zero-order chi connectivity index (χ0) is 11.4. The van der Waals surface area contributed by atoms with Gasteiger partial charge in [0, 0.05) is 19.5 Å². The topological polar surface area (TPSA) is 74.7 Å². The molecule has 5 nitrogen and oxygen atoms in total. The number of carboxylic acid groups (broad SMARTS) is 1. The summed E-state index contributed by atoms with van der Waals surface area (Å²) in [6.45, 7) is 2.90. The molecular formula is C10H15NO4. The fourth-order valence-electron chi connectivity index (χ4n) is 1.63. The summed E-state index contributed by atoms with van der Waals surface area (Å²) in [7, 11) is 0. The maximum atomic E-state index is 11.6. The summed E-state index contributed by atoms with van der Waals surface area (Å²) in [5.74, 6) is -3.81. The maximum Gasteiger partial charge on any atom is 0.323 e. The number of ketones is 1. The highest BCUT2D eigenvalue weighted by molar-refractivity contribution is 6.17. The Labute approximate surface area is 88.1 Å². The minimum Gasteiger partial charge on any atom is -0.480 e. The summed E-state index contributed by atoms with van der Waals surface area (Å²) in [6.07, 6.45) is 1.94. The molecule has 84 valence electrons. The molecule has 5 heteroatoms. The third-order valence-corrected chi connectivity index (χ3v) is 2.54. The molecule has 1 unspecified atom stereocenters. The van der Waals surface area contributed by atoms with E-state index in [1.165, 1.54) is 4.90 Å². The van der Waals surface area contributed by atoms with Gasteiger partial charge in [0.2, 0.25) is 5.91 Å². The Morgan fingerprint density at radius 3 is 2.73 bits per heavy atom. The monoisotopic (exact) mass is 213 g/mol. The van der Waals surface area contributed by atoms with Crippen molar-refractivity contribution in [3.05, 3.63) is 0 Å². The van der Waals surface area contributed by atoms with Crippen LogP contribution in [-0.2, 0) is 14.4 Å². The quantitative estimate of drug-likeness (QED) is 0.681. The van der Waals surface area contributed by atoms with Gasteiger partial charge in [-0.1, -0.05) is 13.3 Å². The van der Waals surface area contributed by atoms with E-state index in [1.807, 2.05) is 6.92 Å². The standard InChI is InChI=1S/C10H15NO4/c1-2-3-5-11-6-4-7(12)8(9(11)13)10(14)15/h8H,2-6H2,1H3,(H,14,15). The summed E-state index contributed by atoms with van der Waals surface area (Å²) >= 11 is 0. The number of amides is 1. The second kappa shape index (κ2) is 4.91. The van der Waals surface area contributed by atoms with Gasteiger partial charge in [0.1, 0.15) is 0 Å². The van der Waals surface area contributed by atoms with Crippen LogP contribution < -0.4 is 0 Å². The first-order valence-electron chi connectivity index (χ1n) is 5.12. The Morgan fingerprint density at radius 2 is 2.20 bits per heavy atom. The molecule has 1 heterocycles. The third-order valence-electron chi connectivity index (χ3n) is 2.54. The van der Waals surface area contributed by atoms with Crippen LogP contribution in [0.25, 0.3) is 0 Å². The summed E-state index contributed by atoms with van der Waals surface area (Å²) in [6, 6.07) is 0. The summed E-state index contributed by atoms with van der Waals surface area (Å²) in [5.41, 5.74) is 0. The number of Topliss-reactive ketones (excluding diaryl/α,β-unsaturated/α-hetero) is 1. The van der Waals surface area contributed by atoms with Crippen molar-refractivity contribution >= 4 is 17.7 Å². The molecule has 0 aromatic rings. The average Bonchev–Trinajstić information content (AvgIpc) is 2.16. The van der Waals surface area contributed by atoms with Crippen molar-refractivity contribution in [1.82, 2.24) is 4.90 Å². The first-order chi connectivity index (χ1) is 7.07. The van der Waals surface area contributed by atoms with Gasteiger partial charge in [0.05, 0.1) is 0 Å². The van der Waals surface area contributed by atoms with Gasteiger partial charge in [0.25, 0.3) is 0 Å². The SMILES string of the molecule is CCCCN1CCC(=O)C(C(=O)O)C1=O. The van der Waals surface area contributed by atoms with E-state index < -0.39 is 23.6 Å². The summed E-state index contributed by atoms with van der Waals surface area (Å²) in [4.78, 5) is 35.0. The van der Waals surface area contributed by atoms with E-state index in [0.717, 1.165) is 12.8 Å². The van der Waals surface area contributed by atoms with Crippen LogP contribution in [0.1, 0.15) is 26.2 Å². The molecule has 1 fully saturated rings. The van der Waals surface area contributed by atoms with Crippen LogP contribution in [-0.4, -0.2) is 40.8 Å². The van der Waals surface area contributed by atoms with Crippen molar-refractivity contribution in [3.63, 3.8) is 0 Å². The highest BCUT2D eigenvalue weighted by Crippen LogP contribution is 2.15. The van der Waals surface area contributed by atoms with Gasteiger partial charge in [-0.3, -0.25) is 14.4 Å². The Balaban J connectivity index is 2.68. The Bertz CT molecular complexity index is 287. The molecule has 0 saturated carbocycles. The predicted molar refractivity (Wildman–Crippen MR) is 52.2 cm³/mol. The van der Waals surface area contributed by atoms with E-state index in [0.29, 0.717) is 13.1 Å². The fraction of sp³-hybridized carbons (Fsp3) is 0.700. The number of hydrogen-bond donors (Lipinski definition) is 1. The lowest BCUT2D eigenvalue weighted by Crippen LogP contribution is -2.49. The highest BCUT2D eigenvalue weighted by atomic mass is 16.4. The maximum absolute atomic E-state index is 11.6. The van der Waals surface area contributed by atoms with E-state index in [9.17, 15) is 14.4 Å². The van der Waals surface area contributed by atoms with Crippen molar-refractivity contribution in [2.45, 2.75) is 26.2 Å². The van der Waals surface area contributed by atoms with Crippen molar-refractivity contribution < 1.29 is 19.5 Å². The average molecular weight is 213 g/mol. The molecule has 0 aliphatic carbocycles.